The number of nitrogens with one attached hydrogen (secondary N) is 1. The van der Waals surface area contributed by atoms with Gasteiger partial charge in [0.05, 0.1) is 0 Å². The van der Waals surface area contributed by atoms with Crippen molar-refractivity contribution in [1.29, 1.82) is 0 Å². The lowest BCUT2D eigenvalue weighted by atomic mass is 10.0. The van der Waals surface area contributed by atoms with Crippen molar-refractivity contribution in [2.75, 3.05) is 11.9 Å². The van der Waals surface area contributed by atoms with E-state index in [1.54, 1.807) is 11.3 Å². The third kappa shape index (κ3) is 2.80. The molecule has 0 aliphatic carbocycles. The Morgan fingerprint density at radius 2 is 2.13 bits per heavy atom. The fourth-order valence-electron chi connectivity index (χ4n) is 1.45. The van der Waals surface area contributed by atoms with Crippen LogP contribution in [0.2, 0.25) is 0 Å². The summed E-state index contributed by atoms with van der Waals surface area (Å²) >= 11 is 1.64. The Kier molecular flexibility index (Phi) is 3.35. The lowest BCUT2D eigenvalue weighted by molar-refractivity contribution is 0.804. The zero-order valence-electron chi connectivity index (χ0n) is 8.68. The molecule has 0 amide bonds. The summed E-state index contributed by atoms with van der Waals surface area (Å²) in [5, 5.41) is 6.31. The van der Waals surface area contributed by atoms with Gasteiger partial charge in [-0.15, -0.1) is 11.3 Å². The van der Waals surface area contributed by atoms with Crippen LogP contribution in [0.4, 0.5) is 5.13 Å². The predicted molar refractivity (Wildman–Crippen MR) is 65.5 cm³/mol. The van der Waals surface area contributed by atoms with E-state index in [2.05, 4.69) is 41.5 Å². The highest BCUT2D eigenvalue weighted by Gasteiger charge is 2.04. The first-order valence-electron chi connectivity index (χ1n) is 5.04. The molecule has 78 valence electrons. The summed E-state index contributed by atoms with van der Waals surface area (Å²) in [6, 6.07) is 10.5. The molecule has 0 saturated carbocycles. The molecule has 1 unspecified atom stereocenters. The van der Waals surface area contributed by atoms with Crippen molar-refractivity contribution in [2.24, 2.45) is 0 Å². The lowest BCUT2D eigenvalue weighted by Crippen LogP contribution is -2.09. The highest BCUT2D eigenvalue weighted by Crippen LogP contribution is 2.17. The van der Waals surface area contributed by atoms with Crippen molar-refractivity contribution in [1.82, 2.24) is 4.98 Å². The van der Waals surface area contributed by atoms with Crippen molar-refractivity contribution in [3.8, 4) is 0 Å². The molecule has 0 aliphatic heterocycles. The highest BCUT2D eigenvalue weighted by atomic mass is 32.1. The fourth-order valence-corrected chi connectivity index (χ4v) is 1.99. The van der Waals surface area contributed by atoms with Gasteiger partial charge >= 0.3 is 0 Å². The summed E-state index contributed by atoms with van der Waals surface area (Å²) in [5.74, 6) is 0.509. The van der Waals surface area contributed by atoms with Crippen molar-refractivity contribution in [3.05, 3.63) is 47.5 Å². The van der Waals surface area contributed by atoms with E-state index in [9.17, 15) is 0 Å². The van der Waals surface area contributed by atoms with E-state index < -0.39 is 0 Å². The molecule has 1 N–H and O–H groups in total. The molecule has 3 heteroatoms. The first-order valence-corrected chi connectivity index (χ1v) is 5.92. The quantitative estimate of drug-likeness (QED) is 0.851. The van der Waals surface area contributed by atoms with Crippen molar-refractivity contribution in [2.45, 2.75) is 12.8 Å². The summed E-state index contributed by atoms with van der Waals surface area (Å²) in [5.41, 5.74) is 1.36. The van der Waals surface area contributed by atoms with Crippen LogP contribution in [0, 0.1) is 0 Å². The van der Waals surface area contributed by atoms with Crippen molar-refractivity contribution in [3.63, 3.8) is 0 Å². The third-order valence-corrected chi connectivity index (χ3v) is 3.09. The Balaban J connectivity index is 1.90. The third-order valence-electron chi connectivity index (χ3n) is 2.36. The SMILES string of the molecule is CC(CNc1nccs1)c1ccccc1. The molecule has 1 atom stereocenters. The molecule has 1 aromatic heterocycles. The van der Waals surface area contributed by atoms with Gasteiger partial charge < -0.3 is 5.32 Å². The van der Waals surface area contributed by atoms with Crippen LogP contribution in [-0.4, -0.2) is 11.5 Å². The zero-order valence-corrected chi connectivity index (χ0v) is 9.50. The Morgan fingerprint density at radius 3 is 2.80 bits per heavy atom. The molecule has 1 aromatic carbocycles. The monoisotopic (exact) mass is 218 g/mol. The first kappa shape index (κ1) is 10.2. The van der Waals surface area contributed by atoms with Crippen LogP contribution in [-0.2, 0) is 0 Å². The number of hydrogen-bond acceptors (Lipinski definition) is 3. The van der Waals surface area contributed by atoms with Crippen molar-refractivity contribution < 1.29 is 0 Å². The number of benzene rings is 1. The number of hydrogen-bond donors (Lipinski definition) is 1. The summed E-state index contributed by atoms with van der Waals surface area (Å²) < 4.78 is 0. The van der Waals surface area contributed by atoms with Gasteiger partial charge in [-0.05, 0) is 11.5 Å². The van der Waals surface area contributed by atoms with Gasteiger partial charge in [-0.3, -0.25) is 0 Å². The topological polar surface area (TPSA) is 24.9 Å². The average molecular weight is 218 g/mol. The normalized spacial score (nSPS) is 12.3. The van der Waals surface area contributed by atoms with Crippen molar-refractivity contribution >= 4 is 16.5 Å². The van der Waals surface area contributed by atoms with Crippen LogP contribution < -0.4 is 5.32 Å². The smallest absolute Gasteiger partial charge is 0.182 e. The van der Waals surface area contributed by atoms with E-state index in [0.717, 1.165) is 11.7 Å². The molecule has 0 saturated heterocycles. The average Bonchev–Trinajstić information content (AvgIpc) is 2.80. The number of rotatable bonds is 4. The fraction of sp³-hybridized carbons (Fsp3) is 0.250. The molecule has 2 nitrogen and oxygen atoms in total. The molecule has 2 aromatic rings. The van der Waals surface area contributed by atoms with Gasteiger partial charge in [0.1, 0.15) is 0 Å². The van der Waals surface area contributed by atoms with Crippen LogP contribution in [0.25, 0.3) is 0 Å². The molecular formula is C12H14N2S. The van der Waals surface area contributed by atoms with E-state index in [-0.39, 0.29) is 0 Å². The Bertz CT molecular complexity index is 383. The summed E-state index contributed by atoms with van der Waals surface area (Å²) in [6.45, 7) is 3.15. The number of thiazole rings is 1. The second-order valence-electron chi connectivity index (χ2n) is 3.53. The lowest BCUT2D eigenvalue weighted by Gasteiger charge is -2.11. The van der Waals surface area contributed by atoms with E-state index in [1.165, 1.54) is 5.56 Å². The predicted octanol–water partition coefficient (Wildman–Crippen LogP) is 3.36. The number of anilines is 1. The molecule has 0 radical (unpaired) electrons. The molecule has 0 spiro atoms. The molecule has 0 bridgehead atoms. The molecule has 2 rings (SSSR count). The van der Waals surface area contributed by atoms with E-state index >= 15 is 0 Å². The maximum atomic E-state index is 4.19. The Morgan fingerprint density at radius 1 is 1.33 bits per heavy atom. The number of nitrogens with zero attached hydrogens (tertiary/aromatic N) is 1. The molecular weight excluding hydrogens is 204 g/mol. The maximum absolute atomic E-state index is 4.19. The van der Waals surface area contributed by atoms with Gasteiger partial charge in [0, 0.05) is 18.1 Å². The largest absolute Gasteiger partial charge is 0.361 e. The minimum Gasteiger partial charge on any atom is -0.361 e. The van der Waals surface area contributed by atoms with Gasteiger partial charge in [-0.1, -0.05) is 37.3 Å². The van der Waals surface area contributed by atoms with E-state index in [4.69, 9.17) is 0 Å². The Hall–Kier alpha value is -1.35. The number of aromatic nitrogens is 1. The molecule has 15 heavy (non-hydrogen) atoms. The standard InChI is InChI=1S/C12H14N2S/c1-10(11-5-3-2-4-6-11)9-14-12-13-7-8-15-12/h2-8,10H,9H2,1H3,(H,13,14). The van der Waals surface area contributed by atoms with Crippen LogP contribution in [0.3, 0.4) is 0 Å². The highest BCUT2D eigenvalue weighted by molar-refractivity contribution is 7.13. The van der Waals surface area contributed by atoms with Gasteiger partial charge in [0.15, 0.2) is 5.13 Å². The first-order chi connectivity index (χ1) is 7.36. The minimum atomic E-state index is 0.509. The van der Waals surface area contributed by atoms with Gasteiger partial charge in [-0.25, -0.2) is 4.98 Å². The zero-order chi connectivity index (χ0) is 10.5. The molecule has 1 heterocycles. The van der Waals surface area contributed by atoms with E-state index in [1.807, 2.05) is 17.6 Å². The van der Waals surface area contributed by atoms with Gasteiger partial charge in [-0.2, -0.15) is 0 Å². The molecule has 0 aliphatic rings. The second kappa shape index (κ2) is 4.94. The second-order valence-corrected chi connectivity index (χ2v) is 4.42. The van der Waals surface area contributed by atoms with Gasteiger partial charge in [0.25, 0.3) is 0 Å². The van der Waals surface area contributed by atoms with E-state index in [0.29, 0.717) is 5.92 Å². The van der Waals surface area contributed by atoms with Crippen LogP contribution >= 0.6 is 11.3 Å². The van der Waals surface area contributed by atoms with Gasteiger partial charge in [0.2, 0.25) is 0 Å². The van der Waals surface area contributed by atoms with Crippen LogP contribution in [0.5, 0.6) is 0 Å². The minimum absolute atomic E-state index is 0.509. The summed E-state index contributed by atoms with van der Waals surface area (Å²) in [7, 11) is 0. The molecule has 0 fully saturated rings. The Labute approximate surface area is 94.0 Å². The maximum Gasteiger partial charge on any atom is 0.182 e. The summed E-state index contributed by atoms with van der Waals surface area (Å²) in [6.07, 6.45) is 1.82. The summed E-state index contributed by atoms with van der Waals surface area (Å²) in [4.78, 5) is 4.19. The van der Waals surface area contributed by atoms with Crippen LogP contribution in [0.1, 0.15) is 18.4 Å². The van der Waals surface area contributed by atoms with Crippen LogP contribution in [0.15, 0.2) is 41.9 Å².